The lowest BCUT2D eigenvalue weighted by molar-refractivity contribution is -0.137. The van der Waals surface area contributed by atoms with Gasteiger partial charge in [-0.15, -0.1) is 0 Å². The number of benzene rings is 2. The molecule has 0 saturated heterocycles. The second kappa shape index (κ2) is 7.44. The molecule has 0 aromatic heterocycles. The lowest BCUT2D eigenvalue weighted by atomic mass is 10.2. The van der Waals surface area contributed by atoms with Crippen LogP contribution < -0.4 is 5.32 Å². The SMILES string of the molecule is O=C(CO/N=C\c1ccccc1)Nc1ccc(C(F)(F)F)cc1. The summed E-state index contributed by atoms with van der Waals surface area (Å²) < 4.78 is 37.2. The lowest BCUT2D eigenvalue weighted by Crippen LogP contribution is -2.17. The minimum Gasteiger partial charge on any atom is -0.386 e. The molecule has 0 heterocycles. The smallest absolute Gasteiger partial charge is 0.386 e. The fraction of sp³-hybridized carbons (Fsp3) is 0.125. The molecule has 0 bridgehead atoms. The Hall–Kier alpha value is -2.83. The normalized spacial score (nSPS) is 11.4. The number of rotatable bonds is 5. The average Bonchev–Trinajstić information content (AvgIpc) is 2.52. The molecule has 0 radical (unpaired) electrons. The van der Waals surface area contributed by atoms with E-state index < -0.39 is 17.6 Å². The maximum Gasteiger partial charge on any atom is 0.416 e. The standard InChI is InChI=1S/C16H13F3N2O2/c17-16(18,19)13-6-8-14(9-7-13)21-15(22)11-23-20-10-12-4-2-1-3-5-12/h1-10H,11H2,(H,21,22)/b20-10-. The molecule has 0 aliphatic rings. The third kappa shape index (κ3) is 5.46. The first kappa shape index (κ1) is 16.5. The highest BCUT2D eigenvalue weighted by Crippen LogP contribution is 2.29. The molecule has 0 spiro atoms. The molecular weight excluding hydrogens is 309 g/mol. The molecule has 23 heavy (non-hydrogen) atoms. The number of nitrogens with zero attached hydrogens (tertiary/aromatic N) is 1. The van der Waals surface area contributed by atoms with Gasteiger partial charge in [-0.1, -0.05) is 35.5 Å². The van der Waals surface area contributed by atoms with Crippen LogP contribution in [0.25, 0.3) is 0 Å². The highest BCUT2D eigenvalue weighted by atomic mass is 19.4. The van der Waals surface area contributed by atoms with Crippen LogP contribution in [0.4, 0.5) is 18.9 Å². The Balaban J connectivity index is 1.80. The van der Waals surface area contributed by atoms with Gasteiger partial charge >= 0.3 is 6.18 Å². The molecular formula is C16H13F3N2O2. The summed E-state index contributed by atoms with van der Waals surface area (Å²) >= 11 is 0. The molecule has 0 aliphatic heterocycles. The molecule has 1 N–H and O–H groups in total. The first-order valence-corrected chi connectivity index (χ1v) is 6.62. The maximum absolute atomic E-state index is 12.4. The van der Waals surface area contributed by atoms with Crippen molar-refractivity contribution in [3.8, 4) is 0 Å². The largest absolute Gasteiger partial charge is 0.416 e. The van der Waals surface area contributed by atoms with Gasteiger partial charge in [0.2, 0.25) is 0 Å². The van der Waals surface area contributed by atoms with E-state index in [0.29, 0.717) is 0 Å². The fourth-order valence-corrected chi connectivity index (χ4v) is 1.67. The van der Waals surface area contributed by atoms with Crippen LogP contribution in [0, 0.1) is 0 Å². The number of carbonyl (C=O) groups excluding carboxylic acids is 1. The number of hydrogen-bond acceptors (Lipinski definition) is 3. The van der Waals surface area contributed by atoms with E-state index in [-0.39, 0.29) is 12.3 Å². The summed E-state index contributed by atoms with van der Waals surface area (Å²) in [7, 11) is 0. The molecule has 2 rings (SSSR count). The average molecular weight is 322 g/mol. The van der Waals surface area contributed by atoms with Crippen molar-refractivity contribution >= 4 is 17.8 Å². The summed E-state index contributed by atoms with van der Waals surface area (Å²) in [5.41, 5.74) is 0.286. The number of oxime groups is 1. The predicted octanol–water partition coefficient (Wildman–Crippen LogP) is 3.69. The summed E-state index contributed by atoms with van der Waals surface area (Å²) in [6, 6.07) is 13.3. The van der Waals surface area contributed by atoms with Crippen molar-refractivity contribution in [1.29, 1.82) is 0 Å². The Bertz CT molecular complexity index is 668. The minimum absolute atomic E-state index is 0.249. The van der Waals surface area contributed by atoms with Crippen LogP contribution in [0.1, 0.15) is 11.1 Å². The summed E-state index contributed by atoms with van der Waals surface area (Å²) in [5, 5.41) is 6.05. The van der Waals surface area contributed by atoms with Crippen molar-refractivity contribution in [2.24, 2.45) is 5.16 Å². The van der Waals surface area contributed by atoms with Crippen LogP contribution in [0.15, 0.2) is 59.8 Å². The molecule has 7 heteroatoms. The van der Waals surface area contributed by atoms with E-state index in [2.05, 4.69) is 10.5 Å². The van der Waals surface area contributed by atoms with Crippen LogP contribution in [0.3, 0.4) is 0 Å². The molecule has 120 valence electrons. The number of nitrogens with one attached hydrogen (secondary N) is 1. The van der Waals surface area contributed by atoms with Gasteiger partial charge in [0.25, 0.3) is 5.91 Å². The van der Waals surface area contributed by atoms with Crippen LogP contribution in [-0.4, -0.2) is 18.7 Å². The molecule has 0 unspecified atom stereocenters. The van der Waals surface area contributed by atoms with Gasteiger partial charge in [0.15, 0.2) is 6.61 Å². The Morgan fingerprint density at radius 2 is 1.74 bits per heavy atom. The van der Waals surface area contributed by atoms with Crippen LogP contribution in [0.5, 0.6) is 0 Å². The van der Waals surface area contributed by atoms with E-state index >= 15 is 0 Å². The highest BCUT2D eigenvalue weighted by molar-refractivity contribution is 5.91. The minimum atomic E-state index is -4.40. The maximum atomic E-state index is 12.4. The van der Waals surface area contributed by atoms with Crippen molar-refractivity contribution in [1.82, 2.24) is 0 Å². The molecule has 0 atom stereocenters. The zero-order chi connectivity index (χ0) is 16.7. The number of halogens is 3. The molecule has 0 fully saturated rings. The second-order valence-corrected chi connectivity index (χ2v) is 4.54. The summed E-state index contributed by atoms with van der Waals surface area (Å²) in [6.07, 6.45) is -2.96. The van der Waals surface area contributed by atoms with E-state index in [0.717, 1.165) is 17.7 Å². The Morgan fingerprint density at radius 3 is 2.35 bits per heavy atom. The van der Waals surface area contributed by atoms with Gasteiger partial charge in [-0.3, -0.25) is 4.79 Å². The van der Waals surface area contributed by atoms with Gasteiger partial charge in [-0.05, 0) is 29.8 Å². The Labute approximate surface area is 130 Å². The number of alkyl halides is 3. The number of hydrogen-bond donors (Lipinski definition) is 1. The van der Waals surface area contributed by atoms with E-state index in [1.807, 2.05) is 30.3 Å². The van der Waals surface area contributed by atoms with Gasteiger partial charge in [-0.2, -0.15) is 13.2 Å². The van der Waals surface area contributed by atoms with Crippen LogP contribution in [0.2, 0.25) is 0 Å². The molecule has 2 aromatic carbocycles. The van der Waals surface area contributed by atoms with Crippen molar-refractivity contribution in [3.05, 3.63) is 65.7 Å². The van der Waals surface area contributed by atoms with E-state index in [1.165, 1.54) is 18.3 Å². The lowest BCUT2D eigenvalue weighted by Gasteiger charge is -2.08. The van der Waals surface area contributed by atoms with Gasteiger partial charge in [-0.25, -0.2) is 0 Å². The van der Waals surface area contributed by atoms with E-state index in [1.54, 1.807) is 0 Å². The molecule has 1 amide bonds. The summed E-state index contributed by atoms with van der Waals surface area (Å²) in [5.74, 6) is -0.519. The number of amides is 1. The van der Waals surface area contributed by atoms with Gasteiger partial charge in [0.05, 0.1) is 11.8 Å². The highest BCUT2D eigenvalue weighted by Gasteiger charge is 2.29. The third-order valence-electron chi connectivity index (χ3n) is 2.77. The van der Waals surface area contributed by atoms with Crippen LogP contribution in [-0.2, 0) is 15.8 Å². The van der Waals surface area contributed by atoms with Gasteiger partial charge < -0.3 is 10.2 Å². The fourth-order valence-electron chi connectivity index (χ4n) is 1.67. The quantitative estimate of drug-likeness (QED) is 0.674. The molecule has 0 saturated carbocycles. The Morgan fingerprint density at radius 1 is 1.09 bits per heavy atom. The number of anilines is 1. The van der Waals surface area contributed by atoms with Gasteiger partial charge in [0, 0.05) is 5.69 Å². The van der Waals surface area contributed by atoms with E-state index in [9.17, 15) is 18.0 Å². The molecule has 0 aliphatic carbocycles. The van der Waals surface area contributed by atoms with Crippen molar-refractivity contribution < 1.29 is 22.8 Å². The van der Waals surface area contributed by atoms with Crippen molar-refractivity contribution in [2.45, 2.75) is 6.18 Å². The number of carbonyl (C=O) groups is 1. The van der Waals surface area contributed by atoms with Crippen LogP contribution >= 0.6 is 0 Å². The topological polar surface area (TPSA) is 50.7 Å². The Kier molecular flexibility index (Phi) is 5.35. The van der Waals surface area contributed by atoms with Crippen molar-refractivity contribution in [3.63, 3.8) is 0 Å². The first-order valence-electron chi connectivity index (χ1n) is 6.62. The zero-order valence-electron chi connectivity index (χ0n) is 11.9. The predicted molar refractivity (Wildman–Crippen MR) is 80.1 cm³/mol. The first-order chi connectivity index (χ1) is 10.9. The third-order valence-corrected chi connectivity index (χ3v) is 2.77. The summed E-state index contributed by atoms with van der Waals surface area (Å²) in [4.78, 5) is 16.4. The second-order valence-electron chi connectivity index (χ2n) is 4.54. The monoisotopic (exact) mass is 322 g/mol. The van der Waals surface area contributed by atoms with E-state index in [4.69, 9.17) is 4.84 Å². The zero-order valence-corrected chi connectivity index (χ0v) is 11.9. The van der Waals surface area contributed by atoms with Gasteiger partial charge in [0.1, 0.15) is 0 Å². The molecule has 4 nitrogen and oxygen atoms in total. The van der Waals surface area contributed by atoms with Crippen molar-refractivity contribution in [2.75, 3.05) is 11.9 Å². The summed E-state index contributed by atoms with van der Waals surface area (Å²) in [6.45, 7) is -0.343. The molecule has 2 aromatic rings.